The normalized spacial score (nSPS) is 11.7. The molecule has 0 aliphatic rings. The van der Waals surface area contributed by atoms with Crippen LogP contribution in [0.4, 0.5) is 0 Å². The molecule has 0 nitrogen and oxygen atoms in total. The van der Waals surface area contributed by atoms with Crippen LogP contribution in [0.25, 0.3) is 0 Å². The second-order valence-electron chi connectivity index (χ2n) is 5.64. The van der Waals surface area contributed by atoms with Gasteiger partial charge in [-0.05, 0) is 0 Å². The quantitative estimate of drug-likeness (QED) is 0.283. The zero-order chi connectivity index (χ0) is 13.0. The van der Waals surface area contributed by atoms with E-state index in [1.807, 2.05) is 0 Å². The Morgan fingerprint density at radius 1 is 0.765 bits per heavy atom. The molecule has 0 aromatic rings. The number of hydrogen-bond acceptors (Lipinski definition) is 0. The molecule has 0 bridgehead atoms. The standard InChI is InChI=1S/3C4H9.C4H7.Sn/c4*1-3-4-2;/h3*1,3-4H2,2H3;3H,1-2,4H2;. The minimum atomic E-state index is -1.76. The molecule has 0 amide bonds. The Labute approximate surface area is 114 Å². The van der Waals surface area contributed by atoms with E-state index in [4.69, 9.17) is 0 Å². The molecule has 102 valence electrons. The minimum absolute atomic E-state index is 1.30. The van der Waals surface area contributed by atoms with Crippen LogP contribution in [0.2, 0.25) is 17.7 Å². The van der Waals surface area contributed by atoms with E-state index in [0.29, 0.717) is 0 Å². The maximum absolute atomic E-state index is 3.94. The van der Waals surface area contributed by atoms with Gasteiger partial charge in [0.25, 0.3) is 0 Å². The zero-order valence-corrected chi connectivity index (χ0v) is 15.4. The van der Waals surface area contributed by atoms with Crippen LogP contribution in [0.1, 0.15) is 65.7 Å². The summed E-state index contributed by atoms with van der Waals surface area (Å²) in [5.41, 5.74) is 0. The van der Waals surface area contributed by atoms with Gasteiger partial charge in [0.1, 0.15) is 0 Å². The van der Waals surface area contributed by atoms with E-state index in [2.05, 4.69) is 33.4 Å². The molecule has 0 radical (unpaired) electrons. The van der Waals surface area contributed by atoms with Crippen LogP contribution in [-0.4, -0.2) is 18.4 Å². The van der Waals surface area contributed by atoms with Crippen molar-refractivity contribution in [3.8, 4) is 0 Å². The summed E-state index contributed by atoms with van der Waals surface area (Å²) in [6.07, 6.45) is 12.1. The summed E-state index contributed by atoms with van der Waals surface area (Å²) < 4.78 is 6.54. The van der Waals surface area contributed by atoms with Crippen molar-refractivity contribution < 1.29 is 0 Å². The van der Waals surface area contributed by atoms with Crippen LogP contribution in [0.5, 0.6) is 0 Å². The van der Waals surface area contributed by atoms with Gasteiger partial charge >= 0.3 is 114 Å². The van der Waals surface area contributed by atoms with Crippen LogP contribution < -0.4 is 0 Å². The molecule has 0 aliphatic heterocycles. The van der Waals surface area contributed by atoms with Crippen molar-refractivity contribution in [2.24, 2.45) is 0 Å². The van der Waals surface area contributed by atoms with Crippen LogP contribution >= 0.6 is 0 Å². The van der Waals surface area contributed by atoms with E-state index in [1.54, 1.807) is 17.7 Å². The first kappa shape index (κ1) is 17.5. The van der Waals surface area contributed by atoms with Gasteiger partial charge in [-0.15, -0.1) is 0 Å². The van der Waals surface area contributed by atoms with Crippen LogP contribution in [0, 0.1) is 0 Å². The van der Waals surface area contributed by atoms with Gasteiger partial charge in [0.05, 0.1) is 0 Å². The summed E-state index contributed by atoms with van der Waals surface area (Å²) in [5.74, 6) is 0. The van der Waals surface area contributed by atoms with Crippen molar-refractivity contribution in [1.29, 1.82) is 0 Å². The van der Waals surface area contributed by atoms with Gasteiger partial charge in [-0.3, -0.25) is 0 Å². The summed E-state index contributed by atoms with van der Waals surface area (Å²) in [5, 5.41) is 0. The van der Waals surface area contributed by atoms with Crippen molar-refractivity contribution in [2.45, 2.75) is 83.5 Å². The molecule has 17 heavy (non-hydrogen) atoms. The molecule has 0 aliphatic carbocycles. The van der Waals surface area contributed by atoms with E-state index >= 15 is 0 Å². The van der Waals surface area contributed by atoms with Crippen molar-refractivity contribution >= 4 is 18.4 Å². The molecule has 0 unspecified atom stereocenters. The Morgan fingerprint density at radius 2 is 1.18 bits per heavy atom. The third-order valence-electron chi connectivity index (χ3n) is 4.06. The maximum atomic E-state index is 3.94. The zero-order valence-electron chi connectivity index (χ0n) is 12.6. The summed E-state index contributed by atoms with van der Waals surface area (Å²) >= 11 is -1.76. The van der Waals surface area contributed by atoms with Crippen molar-refractivity contribution in [2.75, 3.05) is 0 Å². The van der Waals surface area contributed by atoms with Crippen LogP contribution in [0.3, 0.4) is 0 Å². The number of hydrogen-bond donors (Lipinski definition) is 0. The average Bonchev–Trinajstić information content (AvgIpc) is 2.37. The summed E-state index contributed by atoms with van der Waals surface area (Å²) in [6.45, 7) is 11.0. The molecular formula is C16H34Sn. The van der Waals surface area contributed by atoms with Gasteiger partial charge in [-0.2, -0.15) is 0 Å². The topological polar surface area (TPSA) is 0 Å². The SMILES string of the molecule is C=CC[CH2][Sn]([CH2]CCC)([CH2]CCC)[CH2]CCC. The van der Waals surface area contributed by atoms with Gasteiger partial charge < -0.3 is 0 Å². The van der Waals surface area contributed by atoms with Crippen LogP contribution in [-0.2, 0) is 0 Å². The summed E-state index contributed by atoms with van der Waals surface area (Å²) in [7, 11) is 0. The molecule has 0 heterocycles. The molecule has 0 rings (SSSR count). The fourth-order valence-corrected chi connectivity index (χ4v) is 18.9. The predicted molar refractivity (Wildman–Crippen MR) is 84.5 cm³/mol. The molecule has 0 saturated carbocycles. The fraction of sp³-hybridized carbons (Fsp3) is 0.875. The molecule has 0 spiro atoms. The monoisotopic (exact) mass is 346 g/mol. The third kappa shape index (κ3) is 8.29. The molecule has 0 aromatic heterocycles. The molecule has 1 heteroatoms. The second-order valence-corrected chi connectivity index (χ2v) is 19.9. The first-order chi connectivity index (χ1) is 8.24. The van der Waals surface area contributed by atoms with Gasteiger partial charge in [0.15, 0.2) is 0 Å². The van der Waals surface area contributed by atoms with Crippen molar-refractivity contribution in [3.05, 3.63) is 12.7 Å². The Kier molecular flexibility index (Phi) is 12.0. The van der Waals surface area contributed by atoms with E-state index in [0.717, 1.165) is 0 Å². The van der Waals surface area contributed by atoms with Crippen molar-refractivity contribution in [1.82, 2.24) is 0 Å². The number of rotatable bonds is 12. The van der Waals surface area contributed by atoms with E-state index < -0.39 is 18.4 Å². The Balaban J connectivity index is 4.44. The molecule has 0 atom stereocenters. The molecule has 0 saturated heterocycles. The van der Waals surface area contributed by atoms with E-state index in [9.17, 15) is 0 Å². The summed E-state index contributed by atoms with van der Waals surface area (Å²) in [6, 6.07) is 0. The number of unbranched alkanes of at least 4 members (excludes halogenated alkanes) is 3. The Morgan fingerprint density at radius 3 is 1.47 bits per heavy atom. The molecule has 0 N–H and O–H groups in total. The number of allylic oxidation sites excluding steroid dienone is 1. The molecule has 0 fully saturated rings. The molecular weight excluding hydrogens is 311 g/mol. The van der Waals surface area contributed by atoms with E-state index in [1.165, 1.54) is 44.9 Å². The van der Waals surface area contributed by atoms with Gasteiger partial charge in [0, 0.05) is 0 Å². The van der Waals surface area contributed by atoms with E-state index in [-0.39, 0.29) is 0 Å². The fourth-order valence-electron chi connectivity index (χ4n) is 2.81. The molecule has 0 aromatic carbocycles. The van der Waals surface area contributed by atoms with Crippen molar-refractivity contribution in [3.63, 3.8) is 0 Å². The van der Waals surface area contributed by atoms with Gasteiger partial charge in [-0.25, -0.2) is 0 Å². The third-order valence-corrected chi connectivity index (χ3v) is 20.0. The Bertz CT molecular complexity index is 153. The van der Waals surface area contributed by atoms with Crippen LogP contribution in [0.15, 0.2) is 12.7 Å². The Hall–Kier alpha value is 0.539. The average molecular weight is 345 g/mol. The first-order valence-electron chi connectivity index (χ1n) is 7.85. The first-order valence-corrected chi connectivity index (χ1v) is 15.9. The second kappa shape index (κ2) is 11.6. The van der Waals surface area contributed by atoms with Gasteiger partial charge in [-0.1, -0.05) is 0 Å². The summed E-state index contributed by atoms with van der Waals surface area (Å²) in [4.78, 5) is 0. The van der Waals surface area contributed by atoms with Gasteiger partial charge in [0.2, 0.25) is 0 Å². The predicted octanol–water partition coefficient (Wildman–Crippen LogP) is 6.41.